The first-order chi connectivity index (χ1) is 18.7. The second kappa shape index (κ2) is 10.3. The van der Waals surface area contributed by atoms with Gasteiger partial charge >= 0.3 is 5.97 Å². The van der Waals surface area contributed by atoms with Gasteiger partial charge in [-0.3, -0.25) is 19.5 Å². The molecule has 9 nitrogen and oxygen atoms in total. The van der Waals surface area contributed by atoms with E-state index >= 15 is 0 Å². The SMILES string of the molecule is CCOC(=O)C1=C(C)N=c2s/c(=C\c3cc(C)n(-c4ccc([N+](=O)[O-])cc4)c3C)c(=O)n2[C@@H]1c1ccccc1. The molecule has 4 aromatic rings. The Bertz CT molecular complexity index is 1810. The second-order valence-corrected chi connectivity index (χ2v) is 10.2. The van der Waals surface area contributed by atoms with Crippen LogP contribution in [-0.2, 0) is 9.53 Å². The molecule has 0 spiro atoms. The lowest BCUT2D eigenvalue weighted by Crippen LogP contribution is -2.39. The van der Waals surface area contributed by atoms with Crippen LogP contribution in [0.4, 0.5) is 5.69 Å². The van der Waals surface area contributed by atoms with E-state index in [0.717, 1.165) is 28.2 Å². The van der Waals surface area contributed by atoms with Crippen LogP contribution in [0.3, 0.4) is 0 Å². The number of nitrogens with zero attached hydrogens (tertiary/aromatic N) is 4. The van der Waals surface area contributed by atoms with E-state index in [1.807, 2.05) is 60.9 Å². The van der Waals surface area contributed by atoms with Gasteiger partial charge in [0.15, 0.2) is 4.80 Å². The van der Waals surface area contributed by atoms with Gasteiger partial charge < -0.3 is 9.30 Å². The molecule has 0 N–H and O–H groups in total. The first kappa shape index (κ1) is 26.1. The molecular formula is C29H26N4O5S. The smallest absolute Gasteiger partial charge is 0.338 e. The lowest BCUT2D eigenvalue weighted by atomic mass is 9.96. The minimum Gasteiger partial charge on any atom is -0.463 e. The van der Waals surface area contributed by atoms with E-state index in [1.165, 1.54) is 23.5 Å². The minimum atomic E-state index is -0.656. The summed E-state index contributed by atoms with van der Waals surface area (Å²) >= 11 is 1.27. The molecule has 5 rings (SSSR count). The lowest BCUT2D eigenvalue weighted by Gasteiger charge is -2.24. The number of ether oxygens (including phenoxy) is 1. The Hall–Kier alpha value is -4.57. The number of nitro benzene ring substituents is 1. The number of carbonyl (C=O) groups is 1. The first-order valence-corrected chi connectivity index (χ1v) is 13.2. The number of benzene rings is 2. The zero-order valence-corrected chi connectivity index (χ0v) is 22.7. The maximum absolute atomic E-state index is 13.8. The van der Waals surface area contributed by atoms with E-state index in [9.17, 15) is 19.7 Å². The highest BCUT2D eigenvalue weighted by molar-refractivity contribution is 7.07. The van der Waals surface area contributed by atoms with Crippen molar-refractivity contribution in [2.24, 2.45) is 4.99 Å². The summed E-state index contributed by atoms with van der Waals surface area (Å²) < 4.78 is 9.38. The third-order valence-electron chi connectivity index (χ3n) is 6.71. The second-order valence-electron chi connectivity index (χ2n) is 9.15. The molecule has 1 atom stereocenters. The van der Waals surface area contributed by atoms with E-state index < -0.39 is 16.9 Å². The van der Waals surface area contributed by atoms with Crippen LogP contribution in [0.15, 0.2) is 81.7 Å². The third kappa shape index (κ3) is 4.63. The largest absolute Gasteiger partial charge is 0.463 e. The van der Waals surface area contributed by atoms with Crippen LogP contribution >= 0.6 is 11.3 Å². The van der Waals surface area contributed by atoms with Crippen molar-refractivity contribution >= 4 is 29.1 Å². The molecule has 0 radical (unpaired) electrons. The summed E-state index contributed by atoms with van der Waals surface area (Å²) in [6.07, 6.45) is 1.83. The number of rotatable bonds is 6. The molecule has 0 aliphatic carbocycles. The molecule has 2 aromatic heterocycles. The maximum Gasteiger partial charge on any atom is 0.338 e. The summed E-state index contributed by atoms with van der Waals surface area (Å²) in [5.41, 5.74) is 4.86. The van der Waals surface area contributed by atoms with E-state index in [4.69, 9.17) is 4.74 Å². The summed E-state index contributed by atoms with van der Waals surface area (Å²) in [6, 6.07) is 17.1. The van der Waals surface area contributed by atoms with Gasteiger partial charge in [-0.2, -0.15) is 0 Å². The molecule has 198 valence electrons. The number of nitro groups is 1. The molecule has 1 aliphatic heterocycles. The van der Waals surface area contributed by atoms with Crippen LogP contribution in [-0.4, -0.2) is 26.6 Å². The molecule has 0 saturated carbocycles. The zero-order chi connectivity index (χ0) is 27.8. The van der Waals surface area contributed by atoms with Gasteiger partial charge in [0.2, 0.25) is 0 Å². The highest BCUT2D eigenvalue weighted by atomic mass is 32.1. The van der Waals surface area contributed by atoms with E-state index in [1.54, 1.807) is 30.5 Å². The summed E-state index contributed by atoms with van der Waals surface area (Å²) in [4.78, 5) is 42.6. The monoisotopic (exact) mass is 542 g/mol. The molecule has 0 unspecified atom stereocenters. The molecule has 0 fully saturated rings. The number of hydrogen-bond donors (Lipinski definition) is 0. The fourth-order valence-electron chi connectivity index (χ4n) is 4.94. The van der Waals surface area contributed by atoms with Crippen molar-refractivity contribution in [3.8, 4) is 5.69 Å². The third-order valence-corrected chi connectivity index (χ3v) is 7.69. The van der Waals surface area contributed by atoms with Gasteiger partial charge in [-0.25, -0.2) is 9.79 Å². The van der Waals surface area contributed by atoms with Crippen molar-refractivity contribution in [2.45, 2.75) is 33.7 Å². The standard InChI is InChI=1S/C29H26N4O5S/c1-5-38-28(35)25-18(3)30-29-32(26(25)20-9-7-6-8-10-20)27(34)24(39-29)16-21-15-17(2)31(19(21)4)22-11-13-23(14-12-22)33(36)37/h6-16,26H,5H2,1-4H3/b24-16-/t26-/m1/s1. The molecule has 0 bridgehead atoms. The van der Waals surface area contributed by atoms with Gasteiger partial charge in [-0.15, -0.1) is 0 Å². The van der Waals surface area contributed by atoms with Gasteiger partial charge in [-0.1, -0.05) is 41.7 Å². The number of thiazole rings is 1. The average molecular weight is 543 g/mol. The van der Waals surface area contributed by atoms with Gasteiger partial charge in [0.25, 0.3) is 11.2 Å². The fourth-order valence-corrected chi connectivity index (χ4v) is 5.98. The number of allylic oxidation sites excluding steroid dienone is 1. The number of fused-ring (bicyclic) bond motifs is 1. The van der Waals surface area contributed by atoms with Crippen molar-refractivity contribution in [3.05, 3.63) is 124 Å². The number of carbonyl (C=O) groups excluding carboxylic acids is 1. The topological polar surface area (TPSA) is 109 Å². The molecular weight excluding hydrogens is 516 g/mol. The number of hydrogen-bond acceptors (Lipinski definition) is 7. The van der Waals surface area contributed by atoms with Gasteiger partial charge in [0.1, 0.15) is 0 Å². The Morgan fingerprint density at radius 3 is 2.46 bits per heavy atom. The van der Waals surface area contributed by atoms with Crippen LogP contribution in [0.5, 0.6) is 0 Å². The number of aryl methyl sites for hydroxylation is 1. The van der Waals surface area contributed by atoms with Crippen molar-refractivity contribution in [2.75, 3.05) is 6.61 Å². The number of non-ortho nitro benzene ring substituents is 1. The molecule has 1 aliphatic rings. The number of esters is 1. The summed E-state index contributed by atoms with van der Waals surface area (Å²) in [5, 5.41) is 11.1. The molecule has 10 heteroatoms. The predicted molar refractivity (Wildman–Crippen MR) is 149 cm³/mol. The molecule has 0 saturated heterocycles. The van der Waals surface area contributed by atoms with Crippen molar-refractivity contribution in [1.82, 2.24) is 9.13 Å². The van der Waals surface area contributed by atoms with Gasteiger partial charge in [0, 0.05) is 29.2 Å². The van der Waals surface area contributed by atoms with Crippen molar-refractivity contribution in [1.29, 1.82) is 0 Å². The van der Waals surface area contributed by atoms with Crippen molar-refractivity contribution < 1.29 is 14.5 Å². The first-order valence-electron chi connectivity index (χ1n) is 12.4. The Morgan fingerprint density at radius 2 is 1.82 bits per heavy atom. The van der Waals surface area contributed by atoms with Gasteiger partial charge in [-0.05, 0) is 63.1 Å². The van der Waals surface area contributed by atoms with E-state index in [2.05, 4.69) is 4.99 Å². The fraction of sp³-hybridized carbons (Fsp3) is 0.207. The zero-order valence-electron chi connectivity index (χ0n) is 21.9. The summed E-state index contributed by atoms with van der Waals surface area (Å²) in [5.74, 6) is -0.492. The highest BCUT2D eigenvalue weighted by Gasteiger charge is 2.33. The Morgan fingerprint density at radius 1 is 1.13 bits per heavy atom. The Labute approximate surface area is 227 Å². The normalized spacial score (nSPS) is 15.2. The summed E-state index contributed by atoms with van der Waals surface area (Å²) in [6.45, 7) is 7.60. The minimum absolute atomic E-state index is 0.0213. The van der Waals surface area contributed by atoms with Crippen LogP contribution in [0, 0.1) is 24.0 Å². The van der Waals surface area contributed by atoms with Gasteiger partial charge in [0.05, 0.1) is 33.4 Å². The Kier molecular flexibility index (Phi) is 6.88. The molecule has 39 heavy (non-hydrogen) atoms. The molecule has 0 amide bonds. The lowest BCUT2D eigenvalue weighted by molar-refractivity contribution is -0.384. The molecule has 2 aromatic carbocycles. The predicted octanol–water partition coefficient (Wildman–Crippen LogP) is 4.11. The van der Waals surface area contributed by atoms with Crippen LogP contribution in [0.1, 0.15) is 42.4 Å². The van der Waals surface area contributed by atoms with Crippen LogP contribution in [0.25, 0.3) is 11.8 Å². The van der Waals surface area contributed by atoms with Crippen LogP contribution in [0.2, 0.25) is 0 Å². The quantitative estimate of drug-likeness (QED) is 0.207. The van der Waals surface area contributed by atoms with E-state index in [0.29, 0.717) is 20.6 Å². The Balaban J connectivity index is 1.65. The highest BCUT2D eigenvalue weighted by Crippen LogP contribution is 2.30. The average Bonchev–Trinajstić information content (AvgIpc) is 3.37. The van der Waals surface area contributed by atoms with E-state index in [-0.39, 0.29) is 17.9 Å². The molecule has 3 heterocycles. The van der Waals surface area contributed by atoms with Crippen molar-refractivity contribution in [3.63, 3.8) is 0 Å². The van der Waals surface area contributed by atoms with Crippen LogP contribution < -0.4 is 14.9 Å². The maximum atomic E-state index is 13.8. The number of aromatic nitrogens is 2. The summed E-state index contributed by atoms with van der Waals surface area (Å²) in [7, 11) is 0.